The number of carbonyl (C=O) groups is 1. The maximum absolute atomic E-state index is 12.2. The van der Waals surface area contributed by atoms with Crippen molar-refractivity contribution in [3.05, 3.63) is 35.9 Å². The first-order valence-electron chi connectivity index (χ1n) is 7.35. The van der Waals surface area contributed by atoms with Crippen LogP contribution in [-0.4, -0.2) is 23.8 Å². The highest BCUT2D eigenvalue weighted by Crippen LogP contribution is 2.34. The first-order chi connectivity index (χ1) is 9.04. The topological polar surface area (TPSA) is 20.3 Å². The molecule has 2 heteroatoms. The van der Waals surface area contributed by atoms with Crippen molar-refractivity contribution in [3.63, 3.8) is 0 Å². The third-order valence-electron chi connectivity index (χ3n) is 4.69. The number of Topliss-reactive ketones (excluding diaryl/α,β-unsaturated/α-hetero) is 1. The van der Waals surface area contributed by atoms with Crippen LogP contribution in [0, 0.1) is 5.41 Å². The summed E-state index contributed by atoms with van der Waals surface area (Å²) < 4.78 is 0. The molecule has 0 spiro atoms. The summed E-state index contributed by atoms with van der Waals surface area (Å²) in [6, 6.07) is 10.8. The van der Waals surface area contributed by atoms with Crippen LogP contribution >= 0.6 is 0 Å². The minimum atomic E-state index is 0.197. The Hall–Kier alpha value is -1.15. The van der Waals surface area contributed by atoms with Crippen molar-refractivity contribution in [1.29, 1.82) is 0 Å². The van der Waals surface area contributed by atoms with E-state index in [0.29, 0.717) is 18.4 Å². The molecule has 0 unspecified atom stereocenters. The lowest BCUT2D eigenvalue weighted by molar-refractivity contribution is -0.121. The van der Waals surface area contributed by atoms with Gasteiger partial charge in [-0.3, -0.25) is 9.69 Å². The molecule has 1 aliphatic rings. The summed E-state index contributed by atoms with van der Waals surface area (Å²) in [4.78, 5) is 14.5. The Bertz CT molecular complexity index is 428. The average Bonchev–Trinajstić information content (AvgIpc) is 2.58. The summed E-state index contributed by atoms with van der Waals surface area (Å²) >= 11 is 0. The molecule has 104 valence electrons. The number of likely N-dealkylation sites (tertiary alicyclic amines) is 1. The number of hydrogen-bond donors (Lipinski definition) is 0. The summed E-state index contributed by atoms with van der Waals surface area (Å²) in [5.74, 6) is 0.393. The van der Waals surface area contributed by atoms with E-state index in [9.17, 15) is 4.79 Å². The number of rotatable bonds is 3. The lowest BCUT2D eigenvalue weighted by Crippen LogP contribution is -2.31. The van der Waals surface area contributed by atoms with Crippen LogP contribution in [0.5, 0.6) is 0 Å². The third-order valence-corrected chi connectivity index (χ3v) is 4.69. The molecular weight excluding hydrogens is 234 g/mol. The van der Waals surface area contributed by atoms with Crippen molar-refractivity contribution in [2.75, 3.05) is 13.1 Å². The van der Waals surface area contributed by atoms with Crippen molar-refractivity contribution in [3.8, 4) is 0 Å². The monoisotopic (exact) mass is 259 g/mol. The smallest absolute Gasteiger partial charge is 0.147 e. The van der Waals surface area contributed by atoms with Crippen molar-refractivity contribution >= 4 is 5.78 Å². The van der Waals surface area contributed by atoms with E-state index in [-0.39, 0.29) is 5.41 Å². The predicted molar refractivity (Wildman–Crippen MR) is 79.1 cm³/mol. The molecule has 0 radical (unpaired) electrons. The van der Waals surface area contributed by atoms with E-state index in [4.69, 9.17) is 0 Å². The number of hydrogen-bond acceptors (Lipinski definition) is 2. The van der Waals surface area contributed by atoms with Crippen LogP contribution in [0.15, 0.2) is 30.3 Å². The van der Waals surface area contributed by atoms with Gasteiger partial charge in [0, 0.05) is 12.5 Å². The lowest BCUT2D eigenvalue weighted by atomic mass is 9.80. The highest BCUT2D eigenvalue weighted by Gasteiger charge is 2.32. The Morgan fingerprint density at radius 1 is 1.32 bits per heavy atom. The second-order valence-electron chi connectivity index (χ2n) is 6.19. The van der Waals surface area contributed by atoms with Gasteiger partial charge in [-0.1, -0.05) is 50.6 Å². The standard InChI is InChI=1S/C17H25NO/c1-4-17(3)10-11-18(13-16(19)12-17)14(2)15-8-6-5-7-9-15/h5-9,14H,4,10-13H2,1-3H3/t14-,17+/m0/s1. The minimum absolute atomic E-state index is 0.197. The summed E-state index contributed by atoms with van der Waals surface area (Å²) in [7, 11) is 0. The Morgan fingerprint density at radius 2 is 2.00 bits per heavy atom. The number of nitrogens with zero attached hydrogens (tertiary/aromatic N) is 1. The Morgan fingerprint density at radius 3 is 2.63 bits per heavy atom. The lowest BCUT2D eigenvalue weighted by Gasteiger charge is -2.29. The fourth-order valence-corrected chi connectivity index (χ4v) is 2.91. The molecule has 1 aromatic rings. The number of ketones is 1. The van der Waals surface area contributed by atoms with Crippen LogP contribution < -0.4 is 0 Å². The van der Waals surface area contributed by atoms with Crippen LogP contribution in [0.1, 0.15) is 51.6 Å². The van der Waals surface area contributed by atoms with Crippen LogP contribution in [0.4, 0.5) is 0 Å². The first kappa shape index (κ1) is 14.3. The van der Waals surface area contributed by atoms with E-state index in [1.165, 1.54) is 5.56 Å². The number of benzene rings is 1. The average molecular weight is 259 g/mol. The Labute approximate surface area is 116 Å². The molecule has 1 aromatic carbocycles. The fourth-order valence-electron chi connectivity index (χ4n) is 2.91. The van der Waals surface area contributed by atoms with E-state index in [0.717, 1.165) is 25.8 Å². The molecular formula is C17H25NO. The molecule has 1 aliphatic heterocycles. The third kappa shape index (κ3) is 3.44. The van der Waals surface area contributed by atoms with Crippen LogP contribution in [0.3, 0.4) is 0 Å². The molecule has 0 saturated carbocycles. The normalized spacial score (nSPS) is 27.0. The molecule has 2 rings (SSSR count). The van der Waals surface area contributed by atoms with Crippen molar-refractivity contribution in [2.24, 2.45) is 5.41 Å². The highest BCUT2D eigenvalue weighted by molar-refractivity contribution is 5.81. The zero-order valence-electron chi connectivity index (χ0n) is 12.4. The van der Waals surface area contributed by atoms with Crippen LogP contribution in [0.25, 0.3) is 0 Å². The Balaban J connectivity index is 2.11. The highest BCUT2D eigenvalue weighted by atomic mass is 16.1. The summed E-state index contributed by atoms with van der Waals surface area (Å²) in [6.07, 6.45) is 2.94. The zero-order valence-corrected chi connectivity index (χ0v) is 12.4. The molecule has 2 atom stereocenters. The second kappa shape index (κ2) is 5.87. The van der Waals surface area contributed by atoms with Crippen molar-refractivity contribution in [1.82, 2.24) is 4.90 Å². The molecule has 2 nitrogen and oxygen atoms in total. The molecule has 1 saturated heterocycles. The van der Waals surface area contributed by atoms with E-state index >= 15 is 0 Å². The van der Waals surface area contributed by atoms with Gasteiger partial charge in [0.2, 0.25) is 0 Å². The zero-order chi connectivity index (χ0) is 13.9. The molecule has 0 aromatic heterocycles. The van der Waals surface area contributed by atoms with Gasteiger partial charge in [-0.2, -0.15) is 0 Å². The molecule has 1 heterocycles. The van der Waals surface area contributed by atoms with Gasteiger partial charge in [0.1, 0.15) is 5.78 Å². The molecule has 1 fully saturated rings. The summed E-state index contributed by atoms with van der Waals surface area (Å²) in [5.41, 5.74) is 1.50. The van der Waals surface area contributed by atoms with Gasteiger partial charge in [-0.15, -0.1) is 0 Å². The van der Waals surface area contributed by atoms with Crippen molar-refractivity contribution < 1.29 is 4.79 Å². The molecule has 19 heavy (non-hydrogen) atoms. The van der Waals surface area contributed by atoms with E-state index in [1.54, 1.807) is 0 Å². The fraction of sp³-hybridized carbons (Fsp3) is 0.588. The molecule has 0 bridgehead atoms. The largest absolute Gasteiger partial charge is 0.298 e. The van der Waals surface area contributed by atoms with Gasteiger partial charge in [0.25, 0.3) is 0 Å². The first-order valence-corrected chi connectivity index (χ1v) is 7.35. The van der Waals surface area contributed by atoms with Gasteiger partial charge in [0.05, 0.1) is 6.54 Å². The maximum Gasteiger partial charge on any atom is 0.147 e. The molecule has 0 amide bonds. The molecule has 0 aliphatic carbocycles. The van der Waals surface area contributed by atoms with Gasteiger partial charge >= 0.3 is 0 Å². The summed E-state index contributed by atoms with van der Waals surface area (Å²) in [5, 5.41) is 0. The molecule has 0 N–H and O–H groups in total. The van der Waals surface area contributed by atoms with E-state index < -0.39 is 0 Å². The Kier molecular flexibility index (Phi) is 4.41. The quantitative estimate of drug-likeness (QED) is 0.822. The summed E-state index contributed by atoms with van der Waals surface area (Å²) in [6.45, 7) is 8.28. The van der Waals surface area contributed by atoms with Gasteiger partial charge in [-0.05, 0) is 30.9 Å². The van der Waals surface area contributed by atoms with Crippen molar-refractivity contribution in [2.45, 2.75) is 46.1 Å². The minimum Gasteiger partial charge on any atom is -0.298 e. The number of carbonyl (C=O) groups excluding carboxylic acids is 1. The predicted octanol–water partition coefficient (Wildman–Crippen LogP) is 3.83. The van der Waals surface area contributed by atoms with Gasteiger partial charge < -0.3 is 0 Å². The van der Waals surface area contributed by atoms with Gasteiger partial charge in [-0.25, -0.2) is 0 Å². The SMILES string of the molecule is CC[C@]1(C)CCN([C@@H](C)c2ccccc2)CC(=O)C1. The van der Waals surface area contributed by atoms with Crippen LogP contribution in [0.2, 0.25) is 0 Å². The van der Waals surface area contributed by atoms with Gasteiger partial charge in [0.15, 0.2) is 0 Å². The maximum atomic E-state index is 12.2. The second-order valence-corrected chi connectivity index (χ2v) is 6.19. The van der Waals surface area contributed by atoms with Crippen LogP contribution in [-0.2, 0) is 4.79 Å². The van der Waals surface area contributed by atoms with E-state index in [1.807, 2.05) is 6.07 Å². The van der Waals surface area contributed by atoms with E-state index in [2.05, 4.69) is 49.9 Å².